The quantitative estimate of drug-likeness (QED) is 0.369. The zero-order chi connectivity index (χ0) is 26.3. The first kappa shape index (κ1) is 24.0. The van der Waals surface area contributed by atoms with Crippen LogP contribution in [0.4, 0.5) is 41.9 Å². The topological polar surface area (TPSA) is 126 Å². The van der Waals surface area contributed by atoms with Crippen molar-refractivity contribution < 1.29 is 18.0 Å². The number of amides is 1. The molecule has 0 saturated heterocycles. The van der Waals surface area contributed by atoms with Crippen molar-refractivity contribution in [1.29, 1.82) is 0 Å². The maximum Gasteiger partial charge on any atom is 0.417 e. The van der Waals surface area contributed by atoms with Gasteiger partial charge < -0.3 is 20.9 Å². The maximum absolute atomic E-state index is 12.8. The van der Waals surface area contributed by atoms with E-state index in [1.165, 1.54) is 19.2 Å². The van der Waals surface area contributed by atoms with E-state index in [-0.39, 0.29) is 17.3 Å². The summed E-state index contributed by atoms with van der Waals surface area (Å²) in [6.07, 6.45) is -3.77. The van der Waals surface area contributed by atoms with Gasteiger partial charge in [0.25, 0.3) is 5.91 Å². The molecule has 0 aliphatic carbocycles. The van der Waals surface area contributed by atoms with Crippen molar-refractivity contribution in [3.05, 3.63) is 65.5 Å². The van der Waals surface area contributed by atoms with E-state index in [0.717, 1.165) is 29.5 Å². The number of aromatic nitrogens is 6. The summed E-state index contributed by atoms with van der Waals surface area (Å²) in [5, 5.41) is 21.1. The van der Waals surface area contributed by atoms with E-state index in [9.17, 15) is 18.0 Å². The van der Waals surface area contributed by atoms with Crippen molar-refractivity contribution in [3.63, 3.8) is 0 Å². The van der Waals surface area contributed by atoms with Gasteiger partial charge in [-0.2, -0.15) is 18.3 Å². The summed E-state index contributed by atoms with van der Waals surface area (Å²) in [7, 11) is 3.39. The normalized spacial score (nSPS) is 12.5. The number of anilines is 5. The largest absolute Gasteiger partial charge is 0.417 e. The lowest BCUT2D eigenvalue weighted by Crippen LogP contribution is -2.27. The molecule has 0 unspecified atom stereocenters. The minimum absolute atomic E-state index is 0.0294. The number of aryl methyl sites for hydroxylation is 1. The van der Waals surface area contributed by atoms with Gasteiger partial charge in [-0.15, -0.1) is 10.2 Å². The van der Waals surface area contributed by atoms with Gasteiger partial charge in [0.15, 0.2) is 17.3 Å². The molecule has 1 aliphatic rings. The van der Waals surface area contributed by atoms with Gasteiger partial charge >= 0.3 is 6.18 Å². The van der Waals surface area contributed by atoms with E-state index in [0.29, 0.717) is 23.7 Å². The lowest BCUT2D eigenvalue weighted by molar-refractivity contribution is -0.137. The van der Waals surface area contributed by atoms with Crippen LogP contribution in [-0.4, -0.2) is 49.9 Å². The third-order valence-corrected chi connectivity index (χ3v) is 5.64. The SMILES string of the molecule is CNC(=O)c1nnc(Nc2ccc(C(F)(F)F)cn2)cc1Nc1cccc2c1N(C)Cc1nc(C)nn1-2. The van der Waals surface area contributed by atoms with Crippen LogP contribution in [0.25, 0.3) is 5.69 Å². The molecule has 0 radical (unpaired) electrons. The van der Waals surface area contributed by atoms with Crippen LogP contribution in [0.15, 0.2) is 42.6 Å². The van der Waals surface area contributed by atoms with Crippen molar-refractivity contribution in [2.75, 3.05) is 29.6 Å². The number of para-hydroxylation sites is 1. The molecule has 1 aromatic carbocycles. The van der Waals surface area contributed by atoms with Crippen LogP contribution in [0.3, 0.4) is 0 Å². The summed E-state index contributed by atoms with van der Waals surface area (Å²) < 4.78 is 40.3. The van der Waals surface area contributed by atoms with Gasteiger partial charge in [-0.25, -0.2) is 14.6 Å². The number of fused-ring (bicyclic) bond motifs is 3. The predicted molar refractivity (Wildman–Crippen MR) is 129 cm³/mol. The van der Waals surface area contributed by atoms with Crippen LogP contribution in [0, 0.1) is 6.92 Å². The highest BCUT2D eigenvalue weighted by atomic mass is 19.4. The van der Waals surface area contributed by atoms with E-state index < -0.39 is 17.6 Å². The van der Waals surface area contributed by atoms with Crippen LogP contribution in [0.2, 0.25) is 0 Å². The Labute approximate surface area is 208 Å². The molecule has 1 aliphatic heterocycles. The minimum Gasteiger partial charge on any atom is -0.364 e. The Bertz CT molecular complexity index is 1480. The highest BCUT2D eigenvalue weighted by molar-refractivity contribution is 5.99. The minimum atomic E-state index is -4.49. The van der Waals surface area contributed by atoms with Gasteiger partial charge in [-0.1, -0.05) is 6.07 Å². The molecule has 190 valence electrons. The molecule has 37 heavy (non-hydrogen) atoms. The molecule has 1 amide bonds. The number of carbonyl (C=O) groups is 1. The van der Waals surface area contributed by atoms with Crippen molar-refractivity contribution >= 4 is 34.6 Å². The first-order valence-corrected chi connectivity index (χ1v) is 11.1. The number of carbonyl (C=O) groups excluding carboxylic acids is 1. The van der Waals surface area contributed by atoms with E-state index in [2.05, 4.69) is 41.2 Å². The Morgan fingerprint density at radius 3 is 2.57 bits per heavy atom. The fraction of sp³-hybridized carbons (Fsp3) is 0.217. The average molecular weight is 510 g/mol. The molecule has 3 aromatic heterocycles. The number of hydrogen-bond donors (Lipinski definition) is 3. The third-order valence-electron chi connectivity index (χ3n) is 5.64. The lowest BCUT2D eigenvalue weighted by Gasteiger charge is -2.29. The zero-order valence-corrected chi connectivity index (χ0v) is 19.9. The number of hydrogen-bond acceptors (Lipinski definition) is 9. The first-order valence-electron chi connectivity index (χ1n) is 11.1. The van der Waals surface area contributed by atoms with Crippen molar-refractivity contribution in [1.82, 2.24) is 35.3 Å². The van der Waals surface area contributed by atoms with Gasteiger partial charge in [-0.05, 0) is 31.2 Å². The Kier molecular flexibility index (Phi) is 5.85. The summed E-state index contributed by atoms with van der Waals surface area (Å²) in [4.78, 5) is 22.8. The monoisotopic (exact) mass is 510 g/mol. The van der Waals surface area contributed by atoms with E-state index in [1.54, 1.807) is 4.68 Å². The van der Waals surface area contributed by atoms with Crippen LogP contribution in [-0.2, 0) is 12.7 Å². The molecule has 0 bridgehead atoms. The first-order chi connectivity index (χ1) is 17.6. The van der Waals surface area contributed by atoms with Crippen LogP contribution in [0.5, 0.6) is 0 Å². The van der Waals surface area contributed by atoms with Crippen LogP contribution < -0.4 is 20.9 Å². The standard InChI is InChI=1S/C23H21F3N10O/c1-12-29-19-11-35(3)21-14(5-4-6-16(21)36(19)34-12)30-15-9-18(32-33-20(15)22(37)27-2)31-17-8-7-13(10-28-17)23(24,25)26/h4-10H,11H2,1-3H3,(H,27,37)(H2,28,30,31,32). The van der Waals surface area contributed by atoms with Gasteiger partial charge in [0.2, 0.25) is 0 Å². The van der Waals surface area contributed by atoms with Gasteiger partial charge in [0, 0.05) is 26.4 Å². The highest BCUT2D eigenvalue weighted by Gasteiger charge is 2.31. The summed E-state index contributed by atoms with van der Waals surface area (Å²) in [6, 6.07) is 9.24. The summed E-state index contributed by atoms with van der Waals surface area (Å²) in [5.74, 6) is 1.29. The van der Waals surface area contributed by atoms with Gasteiger partial charge in [-0.3, -0.25) is 4.79 Å². The number of nitrogens with one attached hydrogen (secondary N) is 3. The second kappa shape index (κ2) is 9.04. The number of benzene rings is 1. The molecule has 3 N–H and O–H groups in total. The predicted octanol–water partition coefficient (Wildman–Crippen LogP) is 3.58. The molecule has 4 heterocycles. The van der Waals surface area contributed by atoms with E-state index >= 15 is 0 Å². The molecule has 0 saturated carbocycles. The lowest BCUT2D eigenvalue weighted by atomic mass is 10.1. The van der Waals surface area contributed by atoms with Gasteiger partial charge in [0.05, 0.1) is 34.9 Å². The summed E-state index contributed by atoms with van der Waals surface area (Å²) in [5.41, 5.74) is 1.80. The number of alkyl halides is 3. The van der Waals surface area contributed by atoms with E-state index in [4.69, 9.17) is 0 Å². The Balaban J connectivity index is 1.51. The number of pyridine rings is 1. The molecular weight excluding hydrogens is 489 g/mol. The molecule has 4 aromatic rings. The van der Waals surface area contributed by atoms with Crippen LogP contribution >= 0.6 is 0 Å². The van der Waals surface area contributed by atoms with Crippen molar-refractivity contribution in [2.24, 2.45) is 0 Å². The second-order valence-corrected chi connectivity index (χ2v) is 8.27. The van der Waals surface area contributed by atoms with Crippen LogP contribution in [0.1, 0.15) is 27.7 Å². The molecule has 0 atom stereocenters. The molecule has 11 nitrogen and oxygen atoms in total. The molecule has 14 heteroatoms. The van der Waals surface area contributed by atoms with Crippen molar-refractivity contribution in [3.8, 4) is 5.69 Å². The van der Waals surface area contributed by atoms with E-state index in [1.807, 2.05) is 37.1 Å². The molecule has 0 spiro atoms. The van der Waals surface area contributed by atoms with Crippen molar-refractivity contribution in [2.45, 2.75) is 19.6 Å². The number of nitrogens with zero attached hydrogens (tertiary/aromatic N) is 7. The second-order valence-electron chi connectivity index (χ2n) is 8.27. The highest BCUT2D eigenvalue weighted by Crippen LogP contribution is 2.38. The Morgan fingerprint density at radius 2 is 1.86 bits per heavy atom. The summed E-state index contributed by atoms with van der Waals surface area (Å²) >= 11 is 0. The number of rotatable bonds is 5. The molecular formula is C23H21F3N10O. The smallest absolute Gasteiger partial charge is 0.364 e. The molecule has 0 fully saturated rings. The molecule has 5 rings (SSSR count). The Morgan fingerprint density at radius 1 is 1.05 bits per heavy atom. The average Bonchev–Trinajstić information content (AvgIpc) is 3.24. The number of halogens is 3. The fourth-order valence-electron chi connectivity index (χ4n) is 4.00. The van der Waals surface area contributed by atoms with Gasteiger partial charge in [0.1, 0.15) is 11.6 Å². The third kappa shape index (κ3) is 4.60. The Hall–Kier alpha value is -4.75. The zero-order valence-electron chi connectivity index (χ0n) is 19.9. The summed E-state index contributed by atoms with van der Waals surface area (Å²) in [6.45, 7) is 2.35. The fourth-order valence-corrected chi connectivity index (χ4v) is 4.00. The maximum atomic E-state index is 12.8.